The van der Waals surface area contributed by atoms with E-state index in [9.17, 15) is 26.3 Å². The first kappa shape index (κ1) is 30.7. The molecule has 222 valence electrons. The summed E-state index contributed by atoms with van der Waals surface area (Å²) in [5.41, 5.74) is -1.54. The number of rotatable bonds is 8. The van der Waals surface area contributed by atoms with Crippen molar-refractivity contribution >= 4 is 17.8 Å². The van der Waals surface area contributed by atoms with Gasteiger partial charge >= 0.3 is 12.4 Å². The fourth-order valence-corrected chi connectivity index (χ4v) is 5.20. The minimum absolute atomic E-state index is 0.0787. The van der Waals surface area contributed by atoms with Gasteiger partial charge in [0.2, 0.25) is 5.90 Å². The smallest absolute Gasteiger partial charge is 0.416 e. The molecule has 11 heteroatoms. The molecule has 3 aromatic carbocycles. The molecular formula is C31H29F6N3O2. The summed E-state index contributed by atoms with van der Waals surface area (Å²) in [5.74, 6) is 0.379. The third-order valence-electron chi connectivity index (χ3n) is 7.20. The van der Waals surface area contributed by atoms with E-state index in [0.29, 0.717) is 53.0 Å². The Morgan fingerprint density at radius 1 is 0.976 bits per heavy atom. The van der Waals surface area contributed by atoms with E-state index in [1.54, 1.807) is 55.5 Å². The number of fused-ring (bicyclic) bond motifs is 1. The average Bonchev–Trinajstić information content (AvgIpc) is 3.18. The van der Waals surface area contributed by atoms with Crippen LogP contribution in [0.5, 0.6) is 5.75 Å². The zero-order valence-corrected chi connectivity index (χ0v) is 23.1. The Kier molecular flexibility index (Phi) is 8.70. The van der Waals surface area contributed by atoms with E-state index in [1.807, 2.05) is 17.9 Å². The Morgan fingerprint density at radius 2 is 1.69 bits per heavy atom. The molecule has 42 heavy (non-hydrogen) atoms. The van der Waals surface area contributed by atoms with Gasteiger partial charge in [-0.05, 0) is 86.0 Å². The van der Waals surface area contributed by atoms with Gasteiger partial charge in [-0.3, -0.25) is 10.4 Å². The van der Waals surface area contributed by atoms with Gasteiger partial charge in [0.25, 0.3) is 0 Å². The van der Waals surface area contributed by atoms with Gasteiger partial charge in [-0.25, -0.2) is 0 Å². The maximum atomic E-state index is 14.0. The molecular weight excluding hydrogens is 560 g/mol. The first-order chi connectivity index (χ1) is 19.8. The quantitative estimate of drug-likeness (QED) is 0.164. The standard InChI is InChI=1S/C31H29F6N3O2/c1-4-40-26-13-11-23(41-3)17-25(26)29(2,18-21-16-22(30(32,33)34)10-12-24(21)31(35,36)37)27(40)14-15-39-19-42-28(38)20-8-6-5-7-9-20/h5-17,38H,4,18-19H2,1-3H3/b27-14-,38-28?,39-15-. The fraction of sp³-hybridized carbons (Fsp3) is 0.290. The Labute approximate surface area is 239 Å². The van der Waals surface area contributed by atoms with Crippen molar-refractivity contribution in [3.63, 3.8) is 0 Å². The molecule has 0 spiro atoms. The van der Waals surface area contributed by atoms with E-state index in [-0.39, 0.29) is 19.0 Å². The van der Waals surface area contributed by atoms with Crippen molar-refractivity contribution in [1.82, 2.24) is 0 Å². The highest BCUT2D eigenvalue weighted by Crippen LogP contribution is 2.51. The Hall–Kier alpha value is -4.28. The summed E-state index contributed by atoms with van der Waals surface area (Å²) in [6.07, 6.45) is -7.01. The molecule has 0 aliphatic carbocycles. The molecule has 1 aliphatic heterocycles. The molecule has 0 aromatic heterocycles. The molecule has 1 heterocycles. The van der Waals surface area contributed by atoms with Crippen LogP contribution < -0.4 is 9.64 Å². The summed E-state index contributed by atoms with van der Waals surface area (Å²) in [6, 6.07) is 15.5. The number of hydrogen-bond acceptors (Lipinski definition) is 5. The summed E-state index contributed by atoms with van der Waals surface area (Å²) >= 11 is 0. The van der Waals surface area contributed by atoms with Crippen LogP contribution in [-0.2, 0) is 28.9 Å². The molecule has 0 bridgehead atoms. The van der Waals surface area contributed by atoms with Crippen LogP contribution in [0.25, 0.3) is 0 Å². The van der Waals surface area contributed by atoms with E-state index >= 15 is 0 Å². The molecule has 1 N–H and O–H groups in total. The predicted octanol–water partition coefficient (Wildman–Crippen LogP) is 8.03. The monoisotopic (exact) mass is 589 g/mol. The number of benzene rings is 3. The van der Waals surface area contributed by atoms with Crippen molar-refractivity contribution in [1.29, 1.82) is 5.41 Å². The van der Waals surface area contributed by atoms with E-state index in [1.165, 1.54) is 13.3 Å². The largest absolute Gasteiger partial charge is 0.497 e. The number of ether oxygens (including phenoxy) is 2. The molecule has 1 aliphatic rings. The van der Waals surface area contributed by atoms with Crippen molar-refractivity contribution in [2.24, 2.45) is 4.99 Å². The number of anilines is 1. The highest BCUT2D eigenvalue weighted by Gasteiger charge is 2.46. The second-order valence-corrected chi connectivity index (χ2v) is 9.86. The van der Waals surface area contributed by atoms with Gasteiger partial charge in [0.15, 0.2) is 6.73 Å². The number of alkyl halides is 6. The zero-order valence-electron chi connectivity index (χ0n) is 23.1. The van der Waals surface area contributed by atoms with Crippen LogP contribution in [0, 0.1) is 5.41 Å². The molecule has 5 nitrogen and oxygen atoms in total. The first-order valence-electron chi connectivity index (χ1n) is 13.0. The van der Waals surface area contributed by atoms with Gasteiger partial charge in [-0.2, -0.15) is 26.3 Å². The van der Waals surface area contributed by atoms with E-state index < -0.39 is 34.5 Å². The average molecular weight is 590 g/mol. The lowest BCUT2D eigenvalue weighted by Gasteiger charge is -2.31. The summed E-state index contributed by atoms with van der Waals surface area (Å²) in [5, 5.41) is 8.04. The summed E-state index contributed by atoms with van der Waals surface area (Å²) in [4.78, 5) is 6.08. The number of hydrogen-bond donors (Lipinski definition) is 1. The van der Waals surface area contributed by atoms with Crippen LogP contribution in [0.3, 0.4) is 0 Å². The second-order valence-electron chi connectivity index (χ2n) is 9.86. The van der Waals surface area contributed by atoms with Gasteiger partial charge in [0.05, 0.1) is 18.2 Å². The third-order valence-corrected chi connectivity index (χ3v) is 7.20. The zero-order chi connectivity index (χ0) is 30.7. The number of nitrogens with one attached hydrogen (secondary N) is 1. The van der Waals surface area contributed by atoms with Crippen LogP contribution in [0.4, 0.5) is 32.0 Å². The van der Waals surface area contributed by atoms with Crippen molar-refractivity contribution in [3.8, 4) is 5.75 Å². The van der Waals surface area contributed by atoms with Gasteiger partial charge in [-0.15, -0.1) is 0 Å². The molecule has 0 saturated heterocycles. The van der Waals surface area contributed by atoms with Crippen molar-refractivity contribution in [2.45, 2.75) is 38.0 Å². The van der Waals surface area contributed by atoms with E-state index in [2.05, 4.69) is 4.99 Å². The number of nitrogens with zero attached hydrogens (tertiary/aromatic N) is 2. The molecule has 1 atom stereocenters. The van der Waals surface area contributed by atoms with Crippen molar-refractivity contribution in [3.05, 3.63) is 106 Å². The lowest BCUT2D eigenvalue weighted by molar-refractivity contribution is -0.141. The predicted molar refractivity (Wildman–Crippen MR) is 149 cm³/mol. The van der Waals surface area contributed by atoms with Gasteiger partial charge in [0, 0.05) is 35.1 Å². The number of halogens is 6. The molecule has 0 radical (unpaired) electrons. The summed E-state index contributed by atoms with van der Waals surface area (Å²) in [6.45, 7) is 3.80. The third kappa shape index (κ3) is 6.29. The van der Waals surface area contributed by atoms with Gasteiger partial charge in [-0.1, -0.05) is 18.2 Å². The van der Waals surface area contributed by atoms with Gasteiger partial charge < -0.3 is 14.4 Å². The molecule has 0 fully saturated rings. The Morgan fingerprint density at radius 3 is 2.31 bits per heavy atom. The normalized spacial score (nSPS) is 18.0. The lowest BCUT2D eigenvalue weighted by atomic mass is 9.75. The SMILES string of the molecule is CCN1/C(=C\C=N/COC(=N)c2ccccc2)C(C)(Cc2cc(C(F)(F)F)ccc2C(F)(F)F)c2cc(OC)ccc21. The van der Waals surface area contributed by atoms with Crippen molar-refractivity contribution < 1.29 is 35.8 Å². The van der Waals surface area contributed by atoms with Crippen LogP contribution in [0.2, 0.25) is 0 Å². The first-order valence-corrected chi connectivity index (χ1v) is 13.0. The van der Waals surface area contributed by atoms with E-state index in [0.717, 1.165) is 0 Å². The highest BCUT2D eigenvalue weighted by molar-refractivity contribution is 5.91. The van der Waals surface area contributed by atoms with Crippen LogP contribution >= 0.6 is 0 Å². The number of methoxy groups -OCH3 is 1. The summed E-state index contributed by atoms with van der Waals surface area (Å²) in [7, 11) is 1.45. The maximum absolute atomic E-state index is 14.0. The van der Waals surface area contributed by atoms with E-state index in [4.69, 9.17) is 14.9 Å². The molecule has 4 rings (SSSR count). The number of likely N-dealkylation sites (N-methyl/N-ethyl adjacent to an activating group) is 1. The second kappa shape index (κ2) is 11.9. The van der Waals surface area contributed by atoms with Crippen LogP contribution in [0.1, 0.15) is 41.7 Å². The highest BCUT2D eigenvalue weighted by atomic mass is 19.4. The van der Waals surface area contributed by atoms with Gasteiger partial charge in [0.1, 0.15) is 5.75 Å². The maximum Gasteiger partial charge on any atom is 0.416 e. The molecule has 0 amide bonds. The topological polar surface area (TPSA) is 57.9 Å². The molecule has 1 unspecified atom stereocenters. The van der Waals surface area contributed by atoms with Crippen LogP contribution in [0.15, 0.2) is 83.5 Å². The number of aliphatic imine (C=N–C) groups is 1. The lowest BCUT2D eigenvalue weighted by Crippen LogP contribution is -2.31. The fourth-order valence-electron chi connectivity index (χ4n) is 5.20. The Bertz CT molecular complexity index is 1500. The number of allylic oxidation sites excluding steroid dienone is 2. The van der Waals surface area contributed by atoms with Crippen molar-refractivity contribution in [2.75, 3.05) is 25.3 Å². The minimum atomic E-state index is -4.86. The molecule has 3 aromatic rings. The summed E-state index contributed by atoms with van der Waals surface area (Å²) < 4.78 is 93.6. The van der Waals surface area contributed by atoms with Crippen LogP contribution in [-0.4, -0.2) is 32.5 Å². The molecule has 0 saturated carbocycles. The Balaban J connectivity index is 1.76. The minimum Gasteiger partial charge on any atom is -0.497 e.